The maximum atomic E-state index is 6.21. The minimum atomic E-state index is 0.405. The van der Waals surface area contributed by atoms with Crippen molar-refractivity contribution in [2.75, 3.05) is 13.2 Å². The molecule has 0 aliphatic carbocycles. The zero-order valence-corrected chi connectivity index (χ0v) is 12.2. The number of nitrogens with zero attached hydrogens (tertiary/aromatic N) is 2. The average molecular weight is 291 g/mol. The van der Waals surface area contributed by atoms with E-state index >= 15 is 0 Å². The van der Waals surface area contributed by atoms with E-state index in [4.69, 9.17) is 21.1 Å². The van der Waals surface area contributed by atoms with Gasteiger partial charge in [0.1, 0.15) is 5.69 Å². The number of hydrogen-bond donors (Lipinski definition) is 0. The topological polar surface area (TPSA) is 44.2 Å². The summed E-state index contributed by atoms with van der Waals surface area (Å²) in [7, 11) is 0. The van der Waals surface area contributed by atoms with Crippen LogP contribution in [0.4, 0.5) is 0 Å². The highest BCUT2D eigenvalue weighted by molar-refractivity contribution is 6.31. The fraction of sp³-hybridized carbons (Fsp3) is 0.333. The second kappa shape index (κ2) is 5.29. The third-order valence-electron chi connectivity index (χ3n) is 3.29. The molecule has 0 N–H and O–H groups in total. The van der Waals surface area contributed by atoms with Crippen molar-refractivity contribution >= 4 is 11.6 Å². The molecule has 1 aliphatic rings. The minimum Gasteiger partial charge on any atom is -0.490 e. The molecule has 0 bridgehead atoms. The van der Waals surface area contributed by atoms with E-state index in [1.165, 1.54) is 0 Å². The summed E-state index contributed by atoms with van der Waals surface area (Å²) >= 11 is 6.21. The van der Waals surface area contributed by atoms with Gasteiger partial charge in [-0.05, 0) is 32.0 Å². The third-order valence-corrected chi connectivity index (χ3v) is 3.55. The van der Waals surface area contributed by atoms with Gasteiger partial charge in [0, 0.05) is 12.0 Å². The lowest BCUT2D eigenvalue weighted by molar-refractivity contribution is 0.297. The van der Waals surface area contributed by atoms with Crippen LogP contribution in [0.15, 0.2) is 18.2 Å². The first-order valence-electron chi connectivity index (χ1n) is 6.56. The number of ether oxygens (including phenoxy) is 2. The van der Waals surface area contributed by atoms with Gasteiger partial charge in [-0.1, -0.05) is 11.6 Å². The zero-order valence-electron chi connectivity index (χ0n) is 11.4. The lowest BCUT2D eigenvalue weighted by Crippen LogP contribution is -1.98. The van der Waals surface area contributed by atoms with E-state index in [0.29, 0.717) is 24.1 Å². The molecule has 1 aliphatic heterocycles. The van der Waals surface area contributed by atoms with Crippen molar-refractivity contribution in [2.24, 2.45) is 0 Å². The van der Waals surface area contributed by atoms with Crippen LogP contribution in [-0.2, 0) is 0 Å². The van der Waals surface area contributed by atoms with Gasteiger partial charge in [-0.15, -0.1) is 0 Å². The van der Waals surface area contributed by atoms with Crippen LogP contribution in [0.25, 0.3) is 11.3 Å². The molecule has 0 unspecified atom stereocenters. The summed E-state index contributed by atoms with van der Waals surface area (Å²) in [6.07, 6.45) is 0.883. The van der Waals surface area contributed by atoms with Gasteiger partial charge < -0.3 is 9.47 Å². The van der Waals surface area contributed by atoms with Crippen molar-refractivity contribution in [3.05, 3.63) is 34.7 Å². The number of rotatable bonds is 1. The van der Waals surface area contributed by atoms with Crippen molar-refractivity contribution < 1.29 is 9.47 Å². The van der Waals surface area contributed by atoms with Crippen LogP contribution in [0.3, 0.4) is 0 Å². The third kappa shape index (κ3) is 2.43. The Labute approximate surface area is 122 Å². The molecule has 2 aromatic rings. The van der Waals surface area contributed by atoms with Crippen LogP contribution in [0, 0.1) is 13.8 Å². The number of benzene rings is 1. The van der Waals surface area contributed by atoms with Crippen molar-refractivity contribution in [1.82, 2.24) is 9.97 Å². The van der Waals surface area contributed by atoms with E-state index in [1.54, 1.807) is 0 Å². The molecule has 1 aromatic heterocycles. The molecule has 0 fully saturated rings. The van der Waals surface area contributed by atoms with E-state index in [0.717, 1.165) is 34.9 Å². The van der Waals surface area contributed by atoms with Crippen molar-refractivity contribution in [2.45, 2.75) is 20.3 Å². The van der Waals surface area contributed by atoms with Gasteiger partial charge in [0.25, 0.3) is 0 Å². The number of halogens is 1. The highest BCUT2D eigenvalue weighted by atomic mass is 35.5. The average Bonchev–Trinajstić information content (AvgIpc) is 2.67. The molecule has 0 amide bonds. The summed E-state index contributed by atoms with van der Waals surface area (Å²) in [5.74, 6) is 1.50. The van der Waals surface area contributed by atoms with E-state index < -0.39 is 0 Å². The number of hydrogen-bond acceptors (Lipinski definition) is 4. The Morgan fingerprint density at radius 3 is 2.50 bits per heavy atom. The molecule has 0 atom stereocenters. The Kier molecular flexibility index (Phi) is 3.49. The maximum absolute atomic E-state index is 6.21. The first-order chi connectivity index (χ1) is 9.65. The number of aromatic nitrogens is 2. The van der Waals surface area contributed by atoms with E-state index in [2.05, 4.69) is 9.97 Å². The molecule has 5 heteroatoms. The molecule has 0 saturated carbocycles. The smallest absolute Gasteiger partial charge is 0.161 e. The fourth-order valence-corrected chi connectivity index (χ4v) is 2.35. The Morgan fingerprint density at radius 1 is 1.00 bits per heavy atom. The van der Waals surface area contributed by atoms with Crippen LogP contribution in [-0.4, -0.2) is 23.2 Å². The molecule has 0 saturated heterocycles. The standard InChI is InChI=1S/C15H15ClN2O2/c1-9-10(2)18-15(16)14(17-9)11-4-5-12-13(8-11)20-7-3-6-19-12/h4-5,8H,3,6-7H2,1-2H3. The number of aryl methyl sites for hydroxylation is 2. The van der Waals surface area contributed by atoms with Crippen molar-refractivity contribution in [3.63, 3.8) is 0 Å². The molecule has 0 spiro atoms. The van der Waals surface area contributed by atoms with Crippen molar-refractivity contribution in [1.29, 1.82) is 0 Å². The lowest BCUT2D eigenvalue weighted by Gasteiger charge is -2.11. The van der Waals surface area contributed by atoms with Crippen LogP contribution >= 0.6 is 11.6 Å². The van der Waals surface area contributed by atoms with E-state index in [-0.39, 0.29) is 0 Å². The normalized spacial score (nSPS) is 13.9. The molecule has 0 radical (unpaired) electrons. The summed E-state index contributed by atoms with van der Waals surface area (Å²) in [4.78, 5) is 8.83. The van der Waals surface area contributed by atoms with Crippen LogP contribution in [0.2, 0.25) is 5.15 Å². The second-order valence-electron chi connectivity index (χ2n) is 4.75. The summed E-state index contributed by atoms with van der Waals surface area (Å²) < 4.78 is 11.3. The van der Waals surface area contributed by atoms with E-state index in [1.807, 2.05) is 32.0 Å². The predicted molar refractivity (Wildman–Crippen MR) is 77.6 cm³/mol. The molecule has 3 rings (SSSR count). The monoisotopic (exact) mass is 290 g/mol. The Balaban J connectivity index is 2.07. The van der Waals surface area contributed by atoms with Gasteiger partial charge in [-0.3, -0.25) is 0 Å². The summed E-state index contributed by atoms with van der Waals surface area (Å²) in [6, 6.07) is 5.73. The van der Waals surface area contributed by atoms with Crippen LogP contribution in [0.5, 0.6) is 11.5 Å². The van der Waals surface area contributed by atoms with Gasteiger partial charge in [-0.2, -0.15) is 0 Å². The molecule has 4 nitrogen and oxygen atoms in total. The van der Waals surface area contributed by atoms with Crippen LogP contribution in [0.1, 0.15) is 17.8 Å². The molecular weight excluding hydrogens is 276 g/mol. The van der Waals surface area contributed by atoms with E-state index in [9.17, 15) is 0 Å². The fourth-order valence-electron chi connectivity index (χ4n) is 2.07. The molecule has 1 aromatic carbocycles. The zero-order chi connectivity index (χ0) is 14.1. The van der Waals surface area contributed by atoms with Gasteiger partial charge in [0.2, 0.25) is 0 Å². The maximum Gasteiger partial charge on any atom is 0.161 e. The second-order valence-corrected chi connectivity index (χ2v) is 5.10. The molecule has 104 valence electrons. The van der Waals surface area contributed by atoms with Gasteiger partial charge in [-0.25, -0.2) is 9.97 Å². The quantitative estimate of drug-likeness (QED) is 0.805. The first-order valence-corrected chi connectivity index (χ1v) is 6.94. The molecular formula is C15H15ClN2O2. The molecule has 20 heavy (non-hydrogen) atoms. The Hall–Kier alpha value is -1.81. The Morgan fingerprint density at radius 2 is 1.70 bits per heavy atom. The minimum absolute atomic E-state index is 0.405. The first kappa shape index (κ1) is 13.2. The summed E-state index contributed by atoms with van der Waals surface area (Å²) in [6.45, 7) is 5.15. The number of fused-ring (bicyclic) bond motifs is 1. The van der Waals surface area contributed by atoms with Gasteiger partial charge >= 0.3 is 0 Å². The predicted octanol–water partition coefficient (Wildman–Crippen LogP) is 3.58. The van der Waals surface area contributed by atoms with Gasteiger partial charge in [0.15, 0.2) is 16.7 Å². The highest BCUT2D eigenvalue weighted by Gasteiger charge is 2.15. The summed E-state index contributed by atoms with van der Waals surface area (Å²) in [5, 5.41) is 0.405. The lowest BCUT2D eigenvalue weighted by atomic mass is 10.1. The summed E-state index contributed by atoms with van der Waals surface area (Å²) in [5.41, 5.74) is 3.27. The van der Waals surface area contributed by atoms with Crippen molar-refractivity contribution in [3.8, 4) is 22.8 Å². The largest absolute Gasteiger partial charge is 0.490 e. The van der Waals surface area contributed by atoms with Gasteiger partial charge in [0.05, 0.1) is 24.6 Å². The highest BCUT2D eigenvalue weighted by Crippen LogP contribution is 2.35. The molecule has 2 heterocycles. The Bertz CT molecular complexity index is 659. The van der Waals surface area contributed by atoms with Crippen LogP contribution < -0.4 is 9.47 Å². The SMILES string of the molecule is Cc1nc(Cl)c(-c2ccc3c(c2)OCCCO3)nc1C.